The normalized spacial score (nSPS) is 18.4. The summed E-state index contributed by atoms with van der Waals surface area (Å²) in [7, 11) is -3.32. The Labute approximate surface area is 113 Å². The van der Waals surface area contributed by atoms with Crippen LogP contribution < -0.4 is 0 Å². The van der Waals surface area contributed by atoms with E-state index in [1.165, 1.54) is 0 Å². The average Bonchev–Trinajstić information content (AvgIpc) is 2.78. The van der Waals surface area contributed by atoms with Gasteiger partial charge in [0, 0.05) is 6.26 Å². The van der Waals surface area contributed by atoms with Crippen molar-refractivity contribution in [1.29, 1.82) is 0 Å². The van der Waals surface area contributed by atoms with Gasteiger partial charge in [0.2, 0.25) is 0 Å². The van der Waals surface area contributed by atoms with Gasteiger partial charge >= 0.3 is 5.97 Å². The van der Waals surface area contributed by atoms with E-state index in [1.807, 2.05) is 6.92 Å². The molecule has 0 spiro atoms. The molecule has 0 aliphatic heterocycles. The van der Waals surface area contributed by atoms with Gasteiger partial charge in [-0.2, -0.15) is 0 Å². The van der Waals surface area contributed by atoms with E-state index in [-0.39, 0.29) is 4.90 Å². The van der Waals surface area contributed by atoms with Crippen molar-refractivity contribution in [3.63, 3.8) is 0 Å². The summed E-state index contributed by atoms with van der Waals surface area (Å²) in [6.07, 6.45) is 4.04. The molecule has 0 unspecified atom stereocenters. The number of carboxylic acid groups (broad SMARTS) is 1. The first kappa shape index (κ1) is 14.1. The van der Waals surface area contributed by atoms with Crippen LogP contribution in [-0.4, -0.2) is 25.7 Å². The van der Waals surface area contributed by atoms with Crippen molar-refractivity contribution in [2.24, 2.45) is 0 Å². The molecule has 0 bridgehead atoms. The largest absolute Gasteiger partial charge is 0.481 e. The van der Waals surface area contributed by atoms with Crippen LogP contribution in [0.15, 0.2) is 23.1 Å². The molecule has 0 saturated heterocycles. The second-order valence-electron chi connectivity index (χ2n) is 5.34. The fraction of sp³-hybridized carbons (Fsp3) is 0.500. The van der Waals surface area contributed by atoms with E-state index in [0.717, 1.165) is 24.7 Å². The highest BCUT2D eigenvalue weighted by Gasteiger charge is 2.44. The van der Waals surface area contributed by atoms with Gasteiger partial charge in [-0.05, 0) is 43.0 Å². The van der Waals surface area contributed by atoms with E-state index >= 15 is 0 Å². The number of sulfone groups is 1. The number of aliphatic carboxylic acids is 1. The molecule has 1 N–H and O–H groups in total. The van der Waals surface area contributed by atoms with Crippen molar-refractivity contribution in [2.75, 3.05) is 6.26 Å². The minimum Gasteiger partial charge on any atom is -0.481 e. The lowest BCUT2D eigenvalue weighted by Crippen LogP contribution is -2.33. The zero-order chi connectivity index (χ0) is 14.3. The van der Waals surface area contributed by atoms with Crippen LogP contribution in [0.5, 0.6) is 0 Å². The van der Waals surface area contributed by atoms with E-state index in [0.29, 0.717) is 18.4 Å². The predicted octanol–water partition coefficient (Wildman–Crippen LogP) is 2.29. The third kappa shape index (κ3) is 2.39. The third-order valence-electron chi connectivity index (χ3n) is 4.02. The Kier molecular flexibility index (Phi) is 3.43. The van der Waals surface area contributed by atoms with Gasteiger partial charge in [-0.15, -0.1) is 0 Å². The lowest BCUT2D eigenvalue weighted by atomic mass is 9.77. The quantitative estimate of drug-likeness (QED) is 0.923. The summed E-state index contributed by atoms with van der Waals surface area (Å²) in [5.41, 5.74) is 0.585. The number of benzene rings is 1. The average molecular weight is 282 g/mol. The SMILES string of the molecule is Cc1ccc(S(C)(=O)=O)cc1C1(C(=O)O)CCCC1. The van der Waals surface area contributed by atoms with Crippen LogP contribution in [0.25, 0.3) is 0 Å². The molecule has 1 saturated carbocycles. The standard InChI is InChI=1S/C14H18O4S/c1-10-5-6-11(19(2,17)18)9-12(10)14(13(15)16)7-3-4-8-14/h5-6,9H,3-4,7-8H2,1-2H3,(H,15,16). The van der Waals surface area contributed by atoms with Gasteiger partial charge in [-0.3, -0.25) is 4.79 Å². The van der Waals surface area contributed by atoms with Crippen molar-refractivity contribution in [3.8, 4) is 0 Å². The number of hydrogen-bond acceptors (Lipinski definition) is 3. The maximum atomic E-state index is 11.7. The van der Waals surface area contributed by atoms with Crippen LogP contribution in [0.3, 0.4) is 0 Å². The summed E-state index contributed by atoms with van der Waals surface area (Å²) < 4.78 is 23.3. The van der Waals surface area contributed by atoms with Gasteiger partial charge < -0.3 is 5.11 Å². The molecule has 1 fully saturated rings. The smallest absolute Gasteiger partial charge is 0.314 e. The maximum absolute atomic E-state index is 11.7. The lowest BCUT2D eigenvalue weighted by Gasteiger charge is -2.26. The molecule has 2 rings (SSSR count). The maximum Gasteiger partial charge on any atom is 0.314 e. The van der Waals surface area contributed by atoms with Crippen molar-refractivity contribution >= 4 is 15.8 Å². The first-order valence-corrected chi connectivity index (χ1v) is 8.21. The Morgan fingerprint density at radius 1 is 1.26 bits per heavy atom. The predicted molar refractivity (Wildman–Crippen MR) is 72.1 cm³/mol. The molecule has 0 radical (unpaired) electrons. The zero-order valence-corrected chi connectivity index (χ0v) is 12.0. The molecule has 1 aliphatic rings. The monoisotopic (exact) mass is 282 g/mol. The van der Waals surface area contributed by atoms with Crippen molar-refractivity contribution in [3.05, 3.63) is 29.3 Å². The highest BCUT2D eigenvalue weighted by molar-refractivity contribution is 7.90. The summed E-state index contributed by atoms with van der Waals surface area (Å²) in [6.45, 7) is 1.84. The highest BCUT2D eigenvalue weighted by atomic mass is 32.2. The van der Waals surface area contributed by atoms with Crippen LogP contribution in [-0.2, 0) is 20.0 Å². The summed E-state index contributed by atoms with van der Waals surface area (Å²) in [6, 6.07) is 4.79. The van der Waals surface area contributed by atoms with E-state index < -0.39 is 21.2 Å². The molecule has 0 heterocycles. The van der Waals surface area contributed by atoms with Crippen LogP contribution >= 0.6 is 0 Å². The number of carboxylic acids is 1. The molecule has 1 aliphatic carbocycles. The fourth-order valence-corrected chi connectivity index (χ4v) is 3.57. The lowest BCUT2D eigenvalue weighted by molar-refractivity contribution is -0.143. The third-order valence-corrected chi connectivity index (χ3v) is 5.13. The molecule has 104 valence electrons. The first-order chi connectivity index (χ1) is 8.77. The Bertz CT molecular complexity index is 610. The van der Waals surface area contributed by atoms with E-state index in [2.05, 4.69) is 0 Å². The van der Waals surface area contributed by atoms with Crippen molar-refractivity contribution < 1.29 is 18.3 Å². The first-order valence-electron chi connectivity index (χ1n) is 6.32. The summed E-state index contributed by atoms with van der Waals surface area (Å²) in [4.78, 5) is 11.9. The number of hydrogen-bond donors (Lipinski definition) is 1. The Balaban J connectivity index is 2.64. The van der Waals surface area contributed by atoms with Crippen LogP contribution in [0.1, 0.15) is 36.8 Å². The van der Waals surface area contributed by atoms with Crippen LogP contribution in [0, 0.1) is 6.92 Å². The van der Waals surface area contributed by atoms with Gasteiger partial charge in [-0.25, -0.2) is 8.42 Å². The van der Waals surface area contributed by atoms with E-state index in [4.69, 9.17) is 0 Å². The fourth-order valence-electron chi connectivity index (χ4n) is 2.92. The van der Waals surface area contributed by atoms with Crippen LogP contribution in [0.2, 0.25) is 0 Å². The Morgan fingerprint density at radius 2 is 1.84 bits per heavy atom. The summed E-state index contributed by atoms with van der Waals surface area (Å²) >= 11 is 0. The van der Waals surface area contributed by atoms with Crippen LogP contribution in [0.4, 0.5) is 0 Å². The topological polar surface area (TPSA) is 71.4 Å². The molecule has 1 aromatic rings. The molecule has 19 heavy (non-hydrogen) atoms. The molecule has 0 amide bonds. The Hall–Kier alpha value is -1.36. The summed E-state index contributed by atoms with van der Waals surface area (Å²) in [5, 5.41) is 9.59. The Morgan fingerprint density at radius 3 is 2.32 bits per heavy atom. The molecular weight excluding hydrogens is 264 g/mol. The van der Waals surface area contributed by atoms with Gasteiger partial charge in [0.25, 0.3) is 0 Å². The minimum absolute atomic E-state index is 0.195. The van der Waals surface area contributed by atoms with Crippen molar-refractivity contribution in [2.45, 2.75) is 42.9 Å². The summed E-state index contributed by atoms with van der Waals surface area (Å²) in [5.74, 6) is -0.848. The van der Waals surface area contributed by atoms with E-state index in [9.17, 15) is 18.3 Å². The minimum atomic E-state index is -3.32. The second kappa shape index (κ2) is 4.63. The molecule has 4 nitrogen and oxygen atoms in total. The molecule has 5 heteroatoms. The highest BCUT2D eigenvalue weighted by Crippen LogP contribution is 2.43. The molecule has 0 atom stereocenters. The van der Waals surface area contributed by atoms with Gasteiger partial charge in [-0.1, -0.05) is 18.9 Å². The molecule has 1 aromatic carbocycles. The number of rotatable bonds is 3. The van der Waals surface area contributed by atoms with E-state index in [1.54, 1.807) is 18.2 Å². The molecular formula is C14H18O4S. The van der Waals surface area contributed by atoms with Gasteiger partial charge in [0.05, 0.1) is 10.3 Å². The number of aryl methyl sites for hydroxylation is 1. The van der Waals surface area contributed by atoms with Gasteiger partial charge in [0.15, 0.2) is 9.84 Å². The second-order valence-corrected chi connectivity index (χ2v) is 7.36. The molecule has 0 aromatic heterocycles. The number of carbonyl (C=O) groups is 1. The van der Waals surface area contributed by atoms with Gasteiger partial charge in [0.1, 0.15) is 0 Å². The van der Waals surface area contributed by atoms with Crippen molar-refractivity contribution in [1.82, 2.24) is 0 Å². The zero-order valence-electron chi connectivity index (χ0n) is 11.1.